The Bertz CT molecular complexity index is 1120. The molecule has 31 heavy (non-hydrogen) atoms. The number of hydrogen-bond donors (Lipinski definition) is 2. The number of amides is 1. The zero-order valence-corrected chi connectivity index (χ0v) is 19.1. The maximum Gasteiger partial charge on any atom is 0.255 e. The van der Waals surface area contributed by atoms with Gasteiger partial charge < -0.3 is 9.73 Å². The van der Waals surface area contributed by atoms with Crippen LogP contribution in [-0.4, -0.2) is 25.8 Å². The molecule has 0 aliphatic carbocycles. The van der Waals surface area contributed by atoms with E-state index < -0.39 is 10.0 Å². The number of furan rings is 1. The van der Waals surface area contributed by atoms with Crippen molar-refractivity contribution in [2.45, 2.75) is 22.4 Å². The zero-order chi connectivity index (χ0) is 21.7. The minimum atomic E-state index is -3.74. The number of nitrogens with one attached hydrogen (secondary N) is 2. The maximum absolute atomic E-state index is 12.6. The van der Waals surface area contributed by atoms with Gasteiger partial charge in [-0.15, -0.1) is 23.5 Å². The fourth-order valence-corrected chi connectivity index (χ4v) is 7.01. The van der Waals surface area contributed by atoms with E-state index in [1.807, 2.05) is 47.8 Å². The SMILES string of the molecule is O=C(Nc1cccc(S(=O)(=O)NCc2ccco2)c1)c1ccc(C2SCCCS2)cc1. The Balaban J connectivity index is 1.41. The van der Waals surface area contributed by atoms with Crippen molar-refractivity contribution in [1.82, 2.24) is 4.72 Å². The number of carbonyl (C=O) groups is 1. The molecular formula is C22H22N2O4S3. The third-order valence-corrected chi connectivity index (χ3v) is 9.10. The molecule has 0 spiro atoms. The molecule has 4 rings (SSSR count). The van der Waals surface area contributed by atoms with Gasteiger partial charge in [-0.1, -0.05) is 18.2 Å². The van der Waals surface area contributed by atoms with Crippen molar-refractivity contribution in [3.05, 3.63) is 83.8 Å². The molecule has 0 atom stereocenters. The fourth-order valence-electron chi connectivity index (χ4n) is 3.08. The second-order valence-corrected chi connectivity index (χ2v) is 11.4. The molecule has 2 aromatic carbocycles. The third kappa shape index (κ3) is 5.74. The Hall–Kier alpha value is -2.20. The van der Waals surface area contributed by atoms with E-state index in [1.54, 1.807) is 24.3 Å². The number of benzene rings is 2. The molecule has 2 heterocycles. The minimum absolute atomic E-state index is 0.0514. The molecule has 2 N–H and O–H groups in total. The van der Waals surface area contributed by atoms with E-state index in [0.29, 0.717) is 21.6 Å². The van der Waals surface area contributed by atoms with Crippen LogP contribution >= 0.6 is 23.5 Å². The van der Waals surface area contributed by atoms with Crippen molar-refractivity contribution in [1.29, 1.82) is 0 Å². The fraction of sp³-hybridized carbons (Fsp3) is 0.227. The van der Waals surface area contributed by atoms with E-state index in [4.69, 9.17) is 4.42 Å². The van der Waals surface area contributed by atoms with Crippen LogP contribution in [0.1, 0.15) is 32.7 Å². The molecule has 9 heteroatoms. The van der Waals surface area contributed by atoms with Gasteiger partial charge in [0.05, 0.1) is 22.3 Å². The van der Waals surface area contributed by atoms with Crippen molar-refractivity contribution in [3.8, 4) is 0 Å². The lowest BCUT2D eigenvalue weighted by atomic mass is 10.1. The average molecular weight is 475 g/mol. The molecule has 1 aliphatic heterocycles. The maximum atomic E-state index is 12.6. The number of hydrogen-bond acceptors (Lipinski definition) is 6. The van der Waals surface area contributed by atoms with E-state index in [1.165, 1.54) is 30.4 Å². The normalized spacial score (nSPS) is 15.0. The van der Waals surface area contributed by atoms with Crippen molar-refractivity contribution in [3.63, 3.8) is 0 Å². The summed E-state index contributed by atoms with van der Waals surface area (Å²) in [6, 6.07) is 17.2. The molecule has 3 aromatic rings. The number of carbonyl (C=O) groups excluding carboxylic acids is 1. The van der Waals surface area contributed by atoms with Crippen LogP contribution in [0.5, 0.6) is 0 Å². The van der Waals surface area contributed by atoms with Gasteiger partial charge in [0.25, 0.3) is 5.91 Å². The lowest BCUT2D eigenvalue weighted by molar-refractivity contribution is 0.102. The quantitative estimate of drug-likeness (QED) is 0.507. The Labute approximate surface area is 190 Å². The van der Waals surface area contributed by atoms with E-state index in [2.05, 4.69) is 10.0 Å². The first-order valence-corrected chi connectivity index (χ1v) is 13.4. The molecule has 162 valence electrons. The van der Waals surface area contributed by atoms with Gasteiger partial charge in [-0.25, -0.2) is 13.1 Å². The number of thioether (sulfide) groups is 2. The summed E-state index contributed by atoms with van der Waals surface area (Å²) in [6.07, 6.45) is 2.72. The first kappa shape index (κ1) is 22.0. The molecule has 0 unspecified atom stereocenters. The Morgan fingerprint density at radius 3 is 2.52 bits per heavy atom. The summed E-state index contributed by atoms with van der Waals surface area (Å²) in [5, 5.41) is 2.78. The topological polar surface area (TPSA) is 88.4 Å². The van der Waals surface area contributed by atoms with E-state index in [-0.39, 0.29) is 17.3 Å². The van der Waals surface area contributed by atoms with Gasteiger partial charge in [-0.2, -0.15) is 0 Å². The number of anilines is 1. The van der Waals surface area contributed by atoms with Crippen molar-refractivity contribution in [2.75, 3.05) is 16.8 Å². The van der Waals surface area contributed by atoms with Crippen LogP contribution in [0, 0.1) is 0 Å². The van der Waals surface area contributed by atoms with E-state index in [0.717, 1.165) is 11.5 Å². The Morgan fingerprint density at radius 2 is 1.81 bits per heavy atom. The van der Waals surface area contributed by atoms with Crippen LogP contribution in [0.15, 0.2) is 76.2 Å². The molecular weight excluding hydrogens is 452 g/mol. The van der Waals surface area contributed by atoms with Gasteiger partial charge in [-0.05, 0) is 66.0 Å². The third-order valence-electron chi connectivity index (χ3n) is 4.69. The monoisotopic (exact) mass is 474 g/mol. The van der Waals surface area contributed by atoms with Gasteiger partial charge in [-0.3, -0.25) is 4.79 Å². The van der Waals surface area contributed by atoms with E-state index in [9.17, 15) is 13.2 Å². The molecule has 0 bridgehead atoms. The highest BCUT2D eigenvalue weighted by Crippen LogP contribution is 2.43. The summed E-state index contributed by atoms with van der Waals surface area (Å²) in [6.45, 7) is 0.0514. The largest absolute Gasteiger partial charge is 0.468 e. The predicted molar refractivity (Wildman–Crippen MR) is 126 cm³/mol. The van der Waals surface area contributed by atoms with Crippen LogP contribution in [0.25, 0.3) is 0 Å². The van der Waals surface area contributed by atoms with Crippen LogP contribution in [0.4, 0.5) is 5.69 Å². The van der Waals surface area contributed by atoms with E-state index >= 15 is 0 Å². The highest BCUT2D eigenvalue weighted by Gasteiger charge is 2.18. The van der Waals surface area contributed by atoms with Gasteiger partial charge in [0.15, 0.2) is 0 Å². The number of sulfonamides is 1. The summed E-state index contributed by atoms with van der Waals surface area (Å²) < 4.78 is 33.2. The van der Waals surface area contributed by atoms with Gasteiger partial charge in [0.1, 0.15) is 5.76 Å². The highest BCUT2D eigenvalue weighted by atomic mass is 32.2. The van der Waals surface area contributed by atoms with Crippen molar-refractivity contribution in [2.24, 2.45) is 0 Å². The van der Waals surface area contributed by atoms with Gasteiger partial charge in [0, 0.05) is 11.3 Å². The zero-order valence-electron chi connectivity index (χ0n) is 16.6. The molecule has 1 aromatic heterocycles. The predicted octanol–water partition coefficient (Wildman–Crippen LogP) is 4.88. The van der Waals surface area contributed by atoms with Crippen LogP contribution < -0.4 is 10.0 Å². The highest BCUT2D eigenvalue weighted by molar-refractivity contribution is 8.16. The second kappa shape index (κ2) is 9.95. The molecule has 1 fully saturated rings. The number of rotatable bonds is 7. The standard InChI is InChI=1S/C22H22N2O4S3/c25-21(16-7-9-17(10-8-16)22-29-12-3-13-30-22)24-18-4-1-6-20(14-18)31(26,27)23-15-19-5-2-11-28-19/h1-2,4-11,14,22-23H,3,12-13,15H2,(H,24,25). The molecule has 6 nitrogen and oxygen atoms in total. The Morgan fingerprint density at radius 1 is 1.03 bits per heavy atom. The minimum Gasteiger partial charge on any atom is -0.468 e. The lowest BCUT2D eigenvalue weighted by Crippen LogP contribution is -2.23. The first-order valence-electron chi connectivity index (χ1n) is 9.78. The summed E-state index contributed by atoms with van der Waals surface area (Å²) in [5.74, 6) is 2.56. The first-order chi connectivity index (χ1) is 15.0. The molecule has 0 radical (unpaired) electrons. The van der Waals surface area contributed by atoms with Crippen LogP contribution in [0.3, 0.4) is 0 Å². The lowest BCUT2D eigenvalue weighted by Gasteiger charge is -2.21. The van der Waals surface area contributed by atoms with Crippen LogP contribution in [-0.2, 0) is 16.6 Å². The summed E-state index contributed by atoms with van der Waals surface area (Å²) in [5.41, 5.74) is 2.15. The molecule has 1 amide bonds. The molecule has 1 saturated heterocycles. The van der Waals surface area contributed by atoms with Crippen LogP contribution in [0.2, 0.25) is 0 Å². The van der Waals surface area contributed by atoms with Crippen molar-refractivity contribution < 1.29 is 17.6 Å². The summed E-state index contributed by atoms with van der Waals surface area (Å²) in [4.78, 5) is 12.7. The second-order valence-electron chi connectivity index (χ2n) is 6.93. The summed E-state index contributed by atoms with van der Waals surface area (Å²) >= 11 is 3.87. The van der Waals surface area contributed by atoms with Gasteiger partial charge in [0.2, 0.25) is 10.0 Å². The average Bonchev–Trinajstić information content (AvgIpc) is 3.33. The molecule has 1 aliphatic rings. The Kier molecular flexibility index (Phi) is 7.06. The summed E-state index contributed by atoms with van der Waals surface area (Å²) in [7, 11) is -3.74. The van der Waals surface area contributed by atoms with Crippen molar-refractivity contribution >= 4 is 45.1 Å². The molecule has 0 saturated carbocycles. The smallest absolute Gasteiger partial charge is 0.255 e. The van der Waals surface area contributed by atoms with Gasteiger partial charge >= 0.3 is 0 Å².